The number of alkyl halides is 3. The third-order valence-corrected chi connectivity index (χ3v) is 2.25. The minimum atomic E-state index is -4.24. The van der Waals surface area contributed by atoms with Crippen LogP contribution in [0, 0.1) is 0 Å². The van der Waals surface area contributed by atoms with Gasteiger partial charge in [-0.3, -0.25) is 4.98 Å². The van der Waals surface area contributed by atoms with E-state index in [1.807, 2.05) is 0 Å². The molecule has 0 aliphatic carbocycles. The number of halogens is 3. The van der Waals surface area contributed by atoms with Crippen LogP contribution in [0.1, 0.15) is 4.88 Å². The average Bonchev–Trinajstić information content (AvgIpc) is 2.61. The van der Waals surface area contributed by atoms with E-state index < -0.39 is 12.8 Å². The quantitative estimate of drug-likeness (QED) is 0.770. The first kappa shape index (κ1) is 12.4. The Kier molecular flexibility index (Phi) is 5.00. The van der Waals surface area contributed by atoms with Gasteiger partial charge in [-0.1, -0.05) is 0 Å². The summed E-state index contributed by atoms with van der Waals surface area (Å²) in [4.78, 5) is 4.92. The molecule has 1 N–H and O–H groups in total. The zero-order valence-corrected chi connectivity index (χ0v) is 8.70. The van der Waals surface area contributed by atoms with Gasteiger partial charge in [0.1, 0.15) is 6.61 Å². The topological polar surface area (TPSA) is 34.1 Å². The van der Waals surface area contributed by atoms with E-state index in [2.05, 4.69) is 15.0 Å². The van der Waals surface area contributed by atoms with Gasteiger partial charge in [0.25, 0.3) is 0 Å². The summed E-state index contributed by atoms with van der Waals surface area (Å²) >= 11 is 1.50. The van der Waals surface area contributed by atoms with Crippen molar-refractivity contribution < 1.29 is 17.9 Å². The van der Waals surface area contributed by atoms with Gasteiger partial charge in [-0.05, 0) is 0 Å². The lowest BCUT2D eigenvalue weighted by molar-refractivity contribution is -0.173. The van der Waals surface area contributed by atoms with Crippen LogP contribution in [-0.4, -0.2) is 30.9 Å². The van der Waals surface area contributed by atoms with Gasteiger partial charge in [0.15, 0.2) is 0 Å². The molecule has 1 aromatic rings. The first-order chi connectivity index (χ1) is 7.08. The van der Waals surface area contributed by atoms with Crippen LogP contribution in [0.25, 0.3) is 0 Å². The van der Waals surface area contributed by atoms with Crippen molar-refractivity contribution in [3.05, 3.63) is 16.6 Å². The molecule has 1 aromatic heterocycles. The van der Waals surface area contributed by atoms with Gasteiger partial charge in [-0.2, -0.15) is 13.2 Å². The molecule has 0 aromatic carbocycles. The number of hydrogen-bond acceptors (Lipinski definition) is 4. The largest absolute Gasteiger partial charge is 0.411 e. The Morgan fingerprint density at radius 1 is 1.47 bits per heavy atom. The molecule has 0 fully saturated rings. The number of nitrogens with one attached hydrogen (secondary N) is 1. The Morgan fingerprint density at radius 3 is 2.87 bits per heavy atom. The molecule has 86 valence electrons. The molecule has 0 saturated carbocycles. The predicted octanol–water partition coefficient (Wildman–Crippen LogP) is 1.81. The fourth-order valence-electron chi connectivity index (χ4n) is 0.873. The first-order valence-electron chi connectivity index (χ1n) is 4.30. The molecule has 0 radical (unpaired) electrons. The maximum absolute atomic E-state index is 11.6. The number of thiazole rings is 1. The first-order valence-corrected chi connectivity index (χ1v) is 5.18. The van der Waals surface area contributed by atoms with E-state index in [0.29, 0.717) is 13.1 Å². The molecule has 7 heteroatoms. The number of ether oxygens (including phenoxy) is 1. The molecule has 0 spiro atoms. The summed E-state index contributed by atoms with van der Waals surface area (Å²) in [6.07, 6.45) is -2.52. The Morgan fingerprint density at radius 2 is 2.27 bits per heavy atom. The van der Waals surface area contributed by atoms with Crippen molar-refractivity contribution in [1.29, 1.82) is 0 Å². The highest BCUT2D eigenvalue weighted by Gasteiger charge is 2.27. The van der Waals surface area contributed by atoms with E-state index in [9.17, 15) is 13.2 Å². The third-order valence-electron chi connectivity index (χ3n) is 1.47. The van der Waals surface area contributed by atoms with Crippen LogP contribution < -0.4 is 5.32 Å². The third kappa shape index (κ3) is 6.43. The van der Waals surface area contributed by atoms with Crippen molar-refractivity contribution in [1.82, 2.24) is 10.3 Å². The van der Waals surface area contributed by atoms with E-state index in [-0.39, 0.29) is 6.61 Å². The summed E-state index contributed by atoms with van der Waals surface area (Å²) in [6.45, 7) is -0.123. The van der Waals surface area contributed by atoms with E-state index in [1.165, 1.54) is 11.3 Å². The van der Waals surface area contributed by atoms with E-state index >= 15 is 0 Å². The van der Waals surface area contributed by atoms with Crippen LogP contribution in [0.5, 0.6) is 0 Å². The van der Waals surface area contributed by atoms with Crippen LogP contribution >= 0.6 is 11.3 Å². The number of aromatic nitrogens is 1. The molecule has 1 heterocycles. The summed E-state index contributed by atoms with van der Waals surface area (Å²) < 4.78 is 39.3. The highest BCUT2D eigenvalue weighted by atomic mass is 32.1. The number of rotatable bonds is 6. The minimum Gasteiger partial charge on any atom is -0.371 e. The Bertz CT molecular complexity index is 263. The molecule has 0 saturated heterocycles. The second kappa shape index (κ2) is 6.04. The van der Waals surface area contributed by atoms with Gasteiger partial charge in [0.05, 0.1) is 12.1 Å². The van der Waals surface area contributed by atoms with Crippen LogP contribution in [0.15, 0.2) is 11.7 Å². The molecule has 0 aliphatic heterocycles. The highest BCUT2D eigenvalue weighted by molar-refractivity contribution is 7.09. The lowest BCUT2D eigenvalue weighted by Crippen LogP contribution is -2.23. The van der Waals surface area contributed by atoms with Crippen molar-refractivity contribution in [3.63, 3.8) is 0 Å². The lowest BCUT2D eigenvalue weighted by atomic mass is 10.5. The lowest BCUT2D eigenvalue weighted by Gasteiger charge is -2.07. The highest BCUT2D eigenvalue weighted by Crippen LogP contribution is 2.13. The second-order valence-electron chi connectivity index (χ2n) is 2.81. The zero-order chi connectivity index (χ0) is 11.1. The van der Waals surface area contributed by atoms with Crippen molar-refractivity contribution in [3.8, 4) is 0 Å². The van der Waals surface area contributed by atoms with E-state index in [0.717, 1.165) is 4.88 Å². The van der Waals surface area contributed by atoms with E-state index in [1.54, 1.807) is 11.7 Å². The molecule has 3 nitrogen and oxygen atoms in total. The number of nitrogens with zero attached hydrogens (tertiary/aromatic N) is 1. The van der Waals surface area contributed by atoms with Gasteiger partial charge in [0.2, 0.25) is 0 Å². The summed E-state index contributed by atoms with van der Waals surface area (Å²) in [5, 5.41) is 2.95. The molecule has 0 bridgehead atoms. The van der Waals surface area contributed by atoms with Gasteiger partial charge in [-0.15, -0.1) is 11.3 Å². The molecule has 0 amide bonds. The maximum Gasteiger partial charge on any atom is 0.411 e. The molecular formula is C8H11F3N2OS. The summed E-state index contributed by atoms with van der Waals surface area (Å²) in [7, 11) is 0. The molecule has 0 unspecified atom stereocenters. The Balaban J connectivity index is 1.94. The zero-order valence-electron chi connectivity index (χ0n) is 7.88. The predicted molar refractivity (Wildman–Crippen MR) is 50.7 cm³/mol. The van der Waals surface area contributed by atoms with Crippen molar-refractivity contribution in [2.75, 3.05) is 19.8 Å². The van der Waals surface area contributed by atoms with Crippen LogP contribution in [0.4, 0.5) is 13.2 Å². The Labute approximate surface area is 89.3 Å². The summed E-state index contributed by atoms with van der Waals surface area (Å²) in [5.74, 6) is 0. The van der Waals surface area contributed by atoms with Gasteiger partial charge in [0, 0.05) is 24.2 Å². The van der Waals surface area contributed by atoms with Gasteiger partial charge >= 0.3 is 6.18 Å². The van der Waals surface area contributed by atoms with Gasteiger partial charge in [-0.25, -0.2) is 0 Å². The van der Waals surface area contributed by atoms with Crippen molar-refractivity contribution in [2.45, 2.75) is 12.7 Å². The smallest absolute Gasteiger partial charge is 0.371 e. The Hall–Kier alpha value is -0.660. The molecule has 0 aliphatic rings. The fourth-order valence-corrected chi connectivity index (χ4v) is 1.44. The van der Waals surface area contributed by atoms with Crippen molar-refractivity contribution >= 4 is 11.3 Å². The number of hydrogen-bond donors (Lipinski definition) is 1. The maximum atomic E-state index is 11.6. The average molecular weight is 240 g/mol. The van der Waals surface area contributed by atoms with Crippen LogP contribution in [0.3, 0.4) is 0 Å². The molecule has 0 atom stereocenters. The SMILES string of the molecule is FC(F)(F)COCCNCc1cncs1. The molecular weight excluding hydrogens is 229 g/mol. The monoisotopic (exact) mass is 240 g/mol. The van der Waals surface area contributed by atoms with Crippen LogP contribution in [0.2, 0.25) is 0 Å². The second-order valence-corrected chi connectivity index (χ2v) is 3.78. The normalized spacial score (nSPS) is 11.9. The van der Waals surface area contributed by atoms with Gasteiger partial charge < -0.3 is 10.1 Å². The minimum absolute atomic E-state index is 0.0539. The fraction of sp³-hybridized carbons (Fsp3) is 0.625. The van der Waals surface area contributed by atoms with Crippen molar-refractivity contribution in [2.24, 2.45) is 0 Å². The summed E-state index contributed by atoms with van der Waals surface area (Å²) in [6, 6.07) is 0. The molecule has 15 heavy (non-hydrogen) atoms. The standard InChI is InChI=1S/C8H11F3N2OS/c9-8(10,11)5-14-2-1-12-3-7-4-13-6-15-7/h4,6,12H,1-3,5H2. The van der Waals surface area contributed by atoms with Crippen LogP contribution in [-0.2, 0) is 11.3 Å². The van der Waals surface area contributed by atoms with E-state index in [4.69, 9.17) is 0 Å². The molecule has 1 rings (SSSR count). The summed E-state index contributed by atoms with van der Waals surface area (Å²) in [5.41, 5.74) is 1.71.